The fraction of sp³-hybridized carbons (Fsp3) is 0.917. The second-order valence-corrected chi connectivity index (χ2v) is 10.4. The summed E-state index contributed by atoms with van der Waals surface area (Å²) < 4.78 is 38.6. The minimum absolute atomic E-state index is 0.115. The van der Waals surface area contributed by atoms with Crippen LogP contribution in [0.3, 0.4) is 0 Å². The number of quaternary nitrogens is 1. The number of ether oxygens (including phenoxy) is 2. The highest BCUT2D eigenvalue weighted by atomic mass is 32.2. The molecule has 0 aromatic rings. The molecule has 196 valence electrons. The normalized spacial score (nSPS) is 12.5. The first-order chi connectivity index (χ1) is 15.9. The molecule has 3 N–H and O–H groups in total. The van der Waals surface area contributed by atoms with Gasteiger partial charge in [0.05, 0.1) is 19.6 Å². The Labute approximate surface area is 201 Å². The number of hydrogen-bond acceptors (Lipinski definition) is 7. The van der Waals surface area contributed by atoms with Gasteiger partial charge in [0.2, 0.25) is 0 Å². The largest absolute Gasteiger partial charge is 0.466 e. The highest BCUT2D eigenvalue weighted by Crippen LogP contribution is 2.13. The minimum atomic E-state index is -4.35. The Hall–Kier alpha value is -1.19. The van der Waals surface area contributed by atoms with E-state index in [0.29, 0.717) is 12.8 Å². The Bertz CT molecular complexity index is 596. The first-order valence-electron chi connectivity index (χ1n) is 12.9. The Kier molecular flexibility index (Phi) is 20.6. The molecule has 0 amide bonds. The predicted octanol–water partition coefficient (Wildman–Crippen LogP) is 4.62. The zero-order chi connectivity index (χ0) is 24.8. The molecule has 0 heterocycles. The Morgan fingerprint density at radius 3 is 1.48 bits per heavy atom. The standard InChI is InChI=1S/C24H48NO7S/c1-3-5-7-9-11-13-15-17-19-30-23(26)21-22(33(28,29)32-25)24(27)31-20-18-16-14-12-10-8-6-4-2/h22H,3-21H2,1-2,25H3/q+1. The summed E-state index contributed by atoms with van der Waals surface area (Å²) in [4.78, 5) is 24.4. The lowest BCUT2D eigenvalue weighted by molar-refractivity contribution is -0.635. The molecule has 1 atom stereocenters. The zero-order valence-electron chi connectivity index (χ0n) is 21.0. The van der Waals surface area contributed by atoms with Gasteiger partial charge in [0.15, 0.2) is 5.25 Å². The van der Waals surface area contributed by atoms with Gasteiger partial charge in [0, 0.05) is 0 Å². The summed E-state index contributed by atoms with van der Waals surface area (Å²) in [6, 6.07) is 0. The van der Waals surface area contributed by atoms with E-state index < -0.39 is 33.7 Å². The molecule has 0 radical (unpaired) electrons. The molecule has 33 heavy (non-hydrogen) atoms. The molecule has 0 bridgehead atoms. The van der Waals surface area contributed by atoms with Gasteiger partial charge < -0.3 is 9.47 Å². The molecule has 0 aromatic heterocycles. The van der Waals surface area contributed by atoms with E-state index in [1.165, 1.54) is 57.8 Å². The smallest absolute Gasteiger partial charge is 0.328 e. The van der Waals surface area contributed by atoms with Crippen molar-refractivity contribution >= 4 is 22.1 Å². The third-order valence-corrected chi connectivity index (χ3v) is 7.02. The van der Waals surface area contributed by atoms with E-state index in [9.17, 15) is 18.0 Å². The van der Waals surface area contributed by atoms with Crippen molar-refractivity contribution in [2.75, 3.05) is 13.2 Å². The average Bonchev–Trinajstić information content (AvgIpc) is 2.80. The van der Waals surface area contributed by atoms with Crippen molar-refractivity contribution in [3.8, 4) is 0 Å². The van der Waals surface area contributed by atoms with Gasteiger partial charge in [-0.05, 0) is 12.8 Å². The van der Waals surface area contributed by atoms with E-state index in [1.807, 2.05) is 0 Å². The molecule has 0 aliphatic carbocycles. The molecular formula is C24H48NO7S+. The van der Waals surface area contributed by atoms with Crippen molar-refractivity contribution in [1.29, 1.82) is 0 Å². The second kappa shape index (κ2) is 21.4. The Morgan fingerprint density at radius 1 is 0.667 bits per heavy atom. The van der Waals surface area contributed by atoms with Crippen molar-refractivity contribution in [2.24, 2.45) is 0 Å². The van der Waals surface area contributed by atoms with Crippen LogP contribution < -0.4 is 5.90 Å². The molecule has 0 spiro atoms. The zero-order valence-corrected chi connectivity index (χ0v) is 21.8. The van der Waals surface area contributed by atoms with Gasteiger partial charge in [0.1, 0.15) is 0 Å². The van der Waals surface area contributed by atoms with Crippen LogP contribution in [-0.4, -0.2) is 38.8 Å². The van der Waals surface area contributed by atoms with Gasteiger partial charge in [-0.15, -0.1) is 0 Å². The van der Waals surface area contributed by atoms with Crippen molar-refractivity contribution in [3.05, 3.63) is 0 Å². The van der Waals surface area contributed by atoms with E-state index in [4.69, 9.17) is 9.47 Å². The number of carbonyl (C=O) groups excluding carboxylic acids is 2. The summed E-state index contributed by atoms with van der Waals surface area (Å²) in [5, 5.41) is -1.75. The van der Waals surface area contributed by atoms with Crippen LogP contribution in [0.1, 0.15) is 123 Å². The van der Waals surface area contributed by atoms with E-state index in [2.05, 4.69) is 24.0 Å². The molecule has 0 saturated carbocycles. The molecule has 0 aliphatic rings. The van der Waals surface area contributed by atoms with Crippen LogP contribution in [0.2, 0.25) is 0 Å². The monoisotopic (exact) mass is 494 g/mol. The first kappa shape index (κ1) is 31.8. The van der Waals surface area contributed by atoms with Crippen LogP contribution in [0.4, 0.5) is 0 Å². The molecule has 0 aromatic carbocycles. The summed E-state index contributed by atoms with van der Waals surface area (Å²) in [6.45, 7) is 4.69. The molecule has 8 nitrogen and oxygen atoms in total. The van der Waals surface area contributed by atoms with Gasteiger partial charge in [-0.25, -0.2) is 0 Å². The number of carbonyl (C=O) groups is 2. The maximum atomic E-state index is 12.3. The van der Waals surface area contributed by atoms with Gasteiger partial charge in [0.25, 0.3) is 0 Å². The van der Waals surface area contributed by atoms with E-state index in [-0.39, 0.29) is 13.2 Å². The summed E-state index contributed by atoms with van der Waals surface area (Å²) in [5.74, 6) is 1.14. The highest BCUT2D eigenvalue weighted by Gasteiger charge is 2.38. The Morgan fingerprint density at radius 2 is 1.06 bits per heavy atom. The highest BCUT2D eigenvalue weighted by molar-refractivity contribution is 7.88. The second-order valence-electron chi connectivity index (χ2n) is 8.64. The lowest BCUT2D eigenvalue weighted by atomic mass is 10.1. The number of esters is 2. The van der Waals surface area contributed by atoms with Crippen LogP contribution in [0.25, 0.3) is 0 Å². The molecule has 0 fully saturated rings. The molecule has 1 unspecified atom stereocenters. The quantitative estimate of drug-likeness (QED) is 0.125. The predicted molar refractivity (Wildman–Crippen MR) is 128 cm³/mol. The van der Waals surface area contributed by atoms with Crippen LogP contribution in [0, 0.1) is 0 Å². The summed E-state index contributed by atoms with van der Waals surface area (Å²) in [6.07, 6.45) is 16.9. The number of hydrogen-bond donors (Lipinski definition) is 1. The lowest BCUT2D eigenvalue weighted by Gasteiger charge is -2.13. The van der Waals surface area contributed by atoms with Crippen molar-refractivity contribution < 1.29 is 37.7 Å². The maximum absolute atomic E-state index is 12.3. The molecule has 0 aliphatic heterocycles. The number of unbranched alkanes of at least 4 members (excludes halogenated alkanes) is 14. The third-order valence-electron chi connectivity index (χ3n) is 5.63. The fourth-order valence-electron chi connectivity index (χ4n) is 3.52. The van der Waals surface area contributed by atoms with Gasteiger partial charge in [-0.3, -0.25) is 9.59 Å². The summed E-state index contributed by atoms with van der Waals surface area (Å²) in [7, 11) is -4.35. The van der Waals surface area contributed by atoms with Gasteiger partial charge in [-0.1, -0.05) is 108 Å². The Balaban J connectivity index is 4.17. The van der Waals surface area contributed by atoms with Crippen LogP contribution in [0.15, 0.2) is 0 Å². The SMILES string of the molecule is CCCCCCCCCCOC(=O)CC(C(=O)OCCCCCCCCCC)S(=O)(=O)O[NH3+]. The average molecular weight is 495 g/mol. The van der Waals surface area contributed by atoms with Crippen molar-refractivity contribution in [1.82, 2.24) is 0 Å². The van der Waals surface area contributed by atoms with Gasteiger partial charge >= 0.3 is 22.1 Å². The first-order valence-corrected chi connectivity index (χ1v) is 14.4. The minimum Gasteiger partial charge on any atom is -0.466 e. The van der Waals surface area contributed by atoms with Crippen molar-refractivity contribution in [2.45, 2.75) is 128 Å². The topological polar surface area (TPSA) is 124 Å². The van der Waals surface area contributed by atoms with E-state index >= 15 is 0 Å². The number of rotatable bonds is 23. The molecule has 9 heteroatoms. The van der Waals surface area contributed by atoms with Crippen molar-refractivity contribution in [3.63, 3.8) is 0 Å². The summed E-state index contributed by atoms with van der Waals surface area (Å²) in [5.41, 5.74) is 0. The third kappa shape index (κ3) is 17.9. The van der Waals surface area contributed by atoms with Crippen LogP contribution in [-0.2, 0) is 33.5 Å². The molecule has 0 rings (SSSR count). The maximum Gasteiger partial charge on any atom is 0.328 e. The van der Waals surface area contributed by atoms with E-state index in [0.717, 1.165) is 32.1 Å². The van der Waals surface area contributed by atoms with Crippen LogP contribution >= 0.6 is 0 Å². The van der Waals surface area contributed by atoms with Crippen LogP contribution in [0.5, 0.6) is 0 Å². The lowest BCUT2D eigenvalue weighted by Crippen LogP contribution is -2.54. The van der Waals surface area contributed by atoms with Gasteiger partial charge in [-0.2, -0.15) is 14.3 Å². The van der Waals surface area contributed by atoms with E-state index in [1.54, 1.807) is 0 Å². The molecule has 0 saturated heterocycles. The molecular weight excluding hydrogens is 446 g/mol. The summed E-state index contributed by atoms with van der Waals surface area (Å²) >= 11 is 0. The fourth-order valence-corrected chi connectivity index (χ4v) is 4.33.